The van der Waals surface area contributed by atoms with Crippen LogP contribution in [0.15, 0.2) is 60.7 Å². The van der Waals surface area contributed by atoms with Gasteiger partial charge in [-0.1, -0.05) is 110 Å². The molecule has 0 saturated carbocycles. The quantitative estimate of drug-likeness (QED) is 0.403. The van der Waals surface area contributed by atoms with Gasteiger partial charge in [-0.15, -0.1) is 0 Å². The molecule has 2 heteroatoms. The van der Waals surface area contributed by atoms with Crippen LogP contribution in [0.4, 0.5) is 0 Å². The molecule has 0 amide bonds. The molecule has 1 nitrogen and oxygen atoms in total. The van der Waals surface area contributed by atoms with Gasteiger partial charge in [0.2, 0.25) is 0 Å². The second-order valence-corrected chi connectivity index (χ2v) is 11.0. The van der Waals surface area contributed by atoms with Crippen LogP contribution in [0.3, 0.4) is 0 Å². The fraction of sp³-hybridized carbons (Fsp3) is 0.429. The Morgan fingerprint density at radius 2 is 1.39 bits per heavy atom. The van der Waals surface area contributed by atoms with Crippen LogP contribution in [-0.2, 0) is 4.74 Å². The third-order valence-electron chi connectivity index (χ3n) is 5.24. The molecule has 2 aromatic carbocycles. The van der Waals surface area contributed by atoms with Crippen LogP contribution in [0.25, 0.3) is 0 Å². The summed E-state index contributed by atoms with van der Waals surface area (Å²) >= 11 is 0. The standard InChI is InChI=1S/C21H28OSi/c1-3-4-5-12-17-20-21(22-20)23(2,18-13-8-6-9-14-18)19-15-10-7-11-16-19/h6-11,13-16,20-21H,3-5,12,17H2,1-2H3. The fourth-order valence-corrected chi connectivity index (χ4v) is 7.82. The lowest BCUT2D eigenvalue weighted by Crippen LogP contribution is -2.61. The van der Waals surface area contributed by atoms with E-state index in [4.69, 9.17) is 4.74 Å². The molecule has 0 aliphatic carbocycles. The van der Waals surface area contributed by atoms with Gasteiger partial charge in [0.1, 0.15) is 8.07 Å². The minimum atomic E-state index is -1.82. The third kappa shape index (κ3) is 3.59. The highest BCUT2D eigenvalue weighted by molar-refractivity contribution is 7.02. The summed E-state index contributed by atoms with van der Waals surface area (Å²) in [5, 5.41) is 2.99. The molecule has 23 heavy (non-hydrogen) atoms. The number of rotatable bonds is 8. The molecule has 1 saturated heterocycles. The molecule has 2 aromatic rings. The minimum Gasteiger partial charge on any atom is -0.372 e. The first kappa shape index (κ1) is 16.5. The predicted octanol–water partition coefficient (Wildman–Crippen LogP) is 4.16. The summed E-state index contributed by atoms with van der Waals surface area (Å²) < 4.78 is 6.23. The van der Waals surface area contributed by atoms with Crippen molar-refractivity contribution in [1.82, 2.24) is 0 Å². The molecule has 0 spiro atoms. The van der Waals surface area contributed by atoms with Gasteiger partial charge in [-0.05, 0) is 6.42 Å². The lowest BCUT2D eigenvalue weighted by atomic mass is 10.1. The van der Waals surface area contributed by atoms with Gasteiger partial charge in [-0.2, -0.15) is 0 Å². The zero-order valence-electron chi connectivity index (χ0n) is 14.4. The summed E-state index contributed by atoms with van der Waals surface area (Å²) in [5.41, 5.74) is 0.439. The van der Waals surface area contributed by atoms with Gasteiger partial charge in [0.25, 0.3) is 0 Å². The number of hydrogen-bond acceptors (Lipinski definition) is 1. The minimum absolute atomic E-state index is 0.439. The van der Waals surface area contributed by atoms with Crippen LogP contribution < -0.4 is 10.4 Å². The van der Waals surface area contributed by atoms with Gasteiger partial charge in [0, 0.05) is 0 Å². The molecule has 1 aliphatic heterocycles. The molecule has 0 N–H and O–H groups in total. The van der Waals surface area contributed by atoms with Crippen molar-refractivity contribution in [2.45, 2.75) is 57.4 Å². The Balaban J connectivity index is 1.78. The van der Waals surface area contributed by atoms with E-state index >= 15 is 0 Å². The van der Waals surface area contributed by atoms with Crippen LogP contribution >= 0.6 is 0 Å². The Labute approximate surface area is 141 Å². The van der Waals surface area contributed by atoms with Crippen molar-refractivity contribution < 1.29 is 4.74 Å². The summed E-state index contributed by atoms with van der Waals surface area (Å²) in [6, 6.07) is 22.1. The van der Waals surface area contributed by atoms with Crippen molar-refractivity contribution in [3.8, 4) is 0 Å². The molecule has 3 rings (SSSR count). The van der Waals surface area contributed by atoms with E-state index < -0.39 is 8.07 Å². The van der Waals surface area contributed by atoms with Crippen molar-refractivity contribution in [3.05, 3.63) is 60.7 Å². The van der Waals surface area contributed by atoms with Crippen molar-refractivity contribution in [2.24, 2.45) is 0 Å². The van der Waals surface area contributed by atoms with Gasteiger partial charge in [-0.25, -0.2) is 0 Å². The average molecular weight is 325 g/mol. The smallest absolute Gasteiger partial charge is 0.149 e. The SMILES string of the molecule is CCCCCCC1OC1[Si](C)(c1ccccc1)c1ccccc1. The maximum Gasteiger partial charge on any atom is 0.149 e. The first-order valence-electron chi connectivity index (χ1n) is 9.03. The summed E-state index contributed by atoms with van der Waals surface area (Å²) in [5.74, 6) is 0. The summed E-state index contributed by atoms with van der Waals surface area (Å²) in [4.78, 5) is 0. The van der Waals surface area contributed by atoms with Gasteiger partial charge in [0.15, 0.2) is 0 Å². The van der Waals surface area contributed by atoms with E-state index in [1.807, 2.05) is 0 Å². The molecular weight excluding hydrogens is 296 g/mol. The number of benzene rings is 2. The van der Waals surface area contributed by atoms with E-state index in [9.17, 15) is 0 Å². The molecule has 0 radical (unpaired) electrons. The highest BCUT2D eigenvalue weighted by Crippen LogP contribution is 2.34. The van der Waals surface area contributed by atoms with Crippen LogP contribution in [0.5, 0.6) is 0 Å². The number of ether oxygens (including phenoxy) is 1. The molecule has 1 heterocycles. The van der Waals surface area contributed by atoms with Crippen LogP contribution in [0, 0.1) is 0 Å². The third-order valence-corrected chi connectivity index (χ3v) is 9.95. The molecule has 0 bridgehead atoms. The maximum absolute atomic E-state index is 6.23. The van der Waals surface area contributed by atoms with Crippen LogP contribution in [-0.4, -0.2) is 19.9 Å². The molecule has 2 unspecified atom stereocenters. The Kier molecular flexibility index (Phi) is 5.34. The average Bonchev–Trinajstić information content (AvgIpc) is 3.40. The van der Waals surface area contributed by atoms with Crippen molar-refractivity contribution in [3.63, 3.8) is 0 Å². The monoisotopic (exact) mass is 324 g/mol. The van der Waals surface area contributed by atoms with E-state index in [2.05, 4.69) is 74.1 Å². The first-order chi connectivity index (χ1) is 11.3. The van der Waals surface area contributed by atoms with E-state index in [-0.39, 0.29) is 0 Å². The first-order valence-corrected chi connectivity index (χ1v) is 11.6. The van der Waals surface area contributed by atoms with E-state index in [0.29, 0.717) is 11.8 Å². The van der Waals surface area contributed by atoms with Crippen LogP contribution in [0.2, 0.25) is 6.55 Å². The highest BCUT2D eigenvalue weighted by atomic mass is 28.3. The molecule has 0 aromatic heterocycles. The topological polar surface area (TPSA) is 12.5 Å². The van der Waals surface area contributed by atoms with Crippen molar-refractivity contribution in [2.75, 3.05) is 0 Å². The lowest BCUT2D eigenvalue weighted by molar-refractivity contribution is 0.378. The van der Waals surface area contributed by atoms with E-state index in [0.717, 1.165) is 0 Å². The Morgan fingerprint density at radius 3 is 1.91 bits per heavy atom. The maximum atomic E-state index is 6.23. The van der Waals surface area contributed by atoms with Gasteiger partial charge >= 0.3 is 0 Å². The fourth-order valence-electron chi connectivity index (χ4n) is 3.71. The predicted molar refractivity (Wildman–Crippen MR) is 101 cm³/mol. The normalized spacial score (nSPS) is 20.4. The van der Waals surface area contributed by atoms with Gasteiger partial charge in [0.05, 0.1) is 11.8 Å². The zero-order chi connectivity index (χ0) is 16.1. The Bertz CT molecular complexity index is 556. The molecule has 2 atom stereocenters. The molecule has 122 valence electrons. The Morgan fingerprint density at radius 1 is 0.826 bits per heavy atom. The lowest BCUT2D eigenvalue weighted by Gasteiger charge is -2.27. The summed E-state index contributed by atoms with van der Waals surface area (Å²) in [6.07, 6.45) is 7.01. The van der Waals surface area contributed by atoms with Crippen LogP contribution in [0.1, 0.15) is 39.0 Å². The van der Waals surface area contributed by atoms with Gasteiger partial charge in [-0.3, -0.25) is 0 Å². The van der Waals surface area contributed by atoms with E-state index in [1.165, 1.54) is 42.5 Å². The summed E-state index contributed by atoms with van der Waals surface area (Å²) in [7, 11) is -1.82. The van der Waals surface area contributed by atoms with Crippen molar-refractivity contribution >= 4 is 18.4 Å². The Hall–Kier alpha value is -1.38. The number of unbranched alkanes of at least 4 members (excludes halogenated alkanes) is 3. The zero-order valence-corrected chi connectivity index (χ0v) is 15.4. The van der Waals surface area contributed by atoms with Crippen molar-refractivity contribution in [1.29, 1.82) is 0 Å². The number of epoxide rings is 1. The number of hydrogen-bond donors (Lipinski definition) is 0. The van der Waals surface area contributed by atoms with Gasteiger partial charge < -0.3 is 4.74 Å². The molecular formula is C21H28OSi. The summed E-state index contributed by atoms with van der Waals surface area (Å²) in [6.45, 7) is 4.75. The highest BCUT2D eigenvalue weighted by Gasteiger charge is 2.54. The van der Waals surface area contributed by atoms with E-state index in [1.54, 1.807) is 0 Å². The molecule has 1 fully saturated rings. The molecule has 1 aliphatic rings. The largest absolute Gasteiger partial charge is 0.372 e. The second-order valence-electron chi connectivity index (χ2n) is 6.88. The second kappa shape index (κ2) is 7.46.